The van der Waals surface area contributed by atoms with E-state index < -0.39 is 0 Å². The zero-order valence-electron chi connectivity index (χ0n) is 11.8. The average Bonchev–Trinajstić information content (AvgIpc) is 2.52. The molecule has 0 aromatic heterocycles. The topological polar surface area (TPSA) is 20.2 Å². The third-order valence-corrected chi connectivity index (χ3v) is 3.43. The molecule has 0 spiro atoms. The maximum atomic E-state index is 9.45. The van der Waals surface area contributed by atoms with Crippen LogP contribution in [0.15, 0.2) is 72.8 Å². The lowest BCUT2D eigenvalue weighted by molar-refractivity contribution is 0.252. The second-order valence-electron chi connectivity index (χ2n) is 5.08. The number of benzene rings is 2. The number of aryl methyl sites for hydroxylation is 1. The number of hydrogen-bond donors (Lipinski definition) is 1. The fourth-order valence-electron chi connectivity index (χ4n) is 2.29. The Balaban J connectivity index is 1.79. The van der Waals surface area contributed by atoms with Crippen molar-refractivity contribution in [3.05, 3.63) is 83.9 Å². The van der Waals surface area contributed by atoms with E-state index in [0.717, 1.165) is 19.3 Å². The standard InChI is InChI=1S/C19H22O/c20-16-19(15-18-12-5-2-6-13-18)14-8-7-11-17-9-3-1-4-10-17/h1-6,8-10,12-14,19-20H,7,11,15-16H2/b14-8+. The molecule has 0 saturated carbocycles. The van der Waals surface area contributed by atoms with Crippen LogP contribution in [0.2, 0.25) is 0 Å². The van der Waals surface area contributed by atoms with Crippen LogP contribution >= 0.6 is 0 Å². The van der Waals surface area contributed by atoms with Gasteiger partial charge in [-0.3, -0.25) is 0 Å². The van der Waals surface area contributed by atoms with E-state index >= 15 is 0 Å². The molecule has 0 aliphatic heterocycles. The predicted octanol–water partition coefficient (Wildman–Crippen LogP) is 4.03. The molecule has 0 radical (unpaired) electrons. The molecule has 1 atom stereocenters. The highest BCUT2D eigenvalue weighted by atomic mass is 16.3. The predicted molar refractivity (Wildman–Crippen MR) is 84.6 cm³/mol. The van der Waals surface area contributed by atoms with E-state index in [0.29, 0.717) is 0 Å². The molecule has 0 amide bonds. The van der Waals surface area contributed by atoms with E-state index in [1.165, 1.54) is 11.1 Å². The highest BCUT2D eigenvalue weighted by Gasteiger charge is 2.03. The van der Waals surface area contributed by atoms with Crippen molar-refractivity contribution in [1.82, 2.24) is 0 Å². The van der Waals surface area contributed by atoms with Crippen LogP contribution in [-0.4, -0.2) is 11.7 Å². The minimum atomic E-state index is 0.205. The van der Waals surface area contributed by atoms with Crippen LogP contribution in [0, 0.1) is 5.92 Å². The number of rotatable bonds is 7. The second-order valence-corrected chi connectivity index (χ2v) is 5.08. The second kappa shape index (κ2) is 8.34. The summed E-state index contributed by atoms with van der Waals surface area (Å²) in [5.41, 5.74) is 2.64. The highest BCUT2D eigenvalue weighted by Crippen LogP contribution is 2.11. The van der Waals surface area contributed by atoms with E-state index in [9.17, 15) is 5.11 Å². The third-order valence-electron chi connectivity index (χ3n) is 3.43. The van der Waals surface area contributed by atoms with Crippen LogP contribution in [0.5, 0.6) is 0 Å². The summed E-state index contributed by atoms with van der Waals surface area (Å²) in [6, 6.07) is 20.8. The lowest BCUT2D eigenvalue weighted by atomic mass is 9.99. The summed E-state index contributed by atoms with van der Waals surface area (Å²) in [7, 11) is 0. The first-order valence-electron chi connectivity index (χ1n) is 7.24. The molecular formula is C19H22O. The Labute approximate surface area is 121 Å². The van der Waals surface area contributed by atoms with Crippen molar-refractivity contribution in [2.45, 2.75) is 19.3 Å². The summed E-state index contributed by atoms with van der Waals surface area (Å²) >= 11 is 0. The molecule has 0 aliphatic rings. The first-order valence-corrected chi connectivity index (χ1v) is 7.24. The quantitative estimate of drug-likeness (QED) is 0.750. The van der Waals surface area contributed by atoms with Gasteiger partial charge in [-0.15, -0.1) is 0 Å². The number of aliphatic hydroxyl groups is 1. The molecule has 104 valence electrons. The molecular weight excluding hydrogens is 244 g/mol. The van der Waals surface area contributed by atoms with Crippen molar-refractivity contribution in [2.24, 2.45) is 5.92 Å². The number of hydrogen-bond acceptors (Lipinski definition) is 1. The summed E-state index contributed by atoms with van der Waals surface area (Å²) in [6.07, 6.45) is 7.32. The Morgan fingerprint density at radius 1 is 0.850 bits per heavy atom. The minimum Gasteiger partial charge on any atom is -0.396 e. The Morgan fingerprint density at radius 2 is 1.45 bits per heavy atom. The Bertz CT molecular complexity index is 502. The molecule has 1 nitrogen and oxygen atoms in total. The molecule has 0 bridgehead atoms. The third kappa shape index (κ3) is 5.02. The van der Waals surface area contributed by atoms with Crippen molar-refractivity contribution in [1.29, 1.82) is 0 Å². The van der Waals surface area contributed by atoms with Gasteiger partial charge in [0.2, 0.25) is 0 Å². The Hall–Kier alpha value is -1.86. The molecule has 2 aromatic rings. The van der Waals surface area contributed by atoms with Crippen molar-refractivity contribution in [2.75, 3.05) is 6.61 Å². The molecule has 1 N–H and O–H groups in total. The fraction of sp³-hybridized carbons (Fsp3) is 0.263. The summed E-state index contributed by atoms with van der Waals surface area (Å²) in [5, 5.41) is 9.45. The van der Waals surface area contributed by atoms with Crippen molar-refractivity contribution in [3.63, 3.8) is 0 Å². The minimum absolute atomic E-state index is 0.205. The first-order chi connectivity index (χ1) is 9.88. The first kappa shape index (κ1) is 14.5. The van der Waals surface area contributed by atoms with Gasteiger partial charge >= 0.3 is 0 Å². The highest BCUT2D eigenvalue weighted by molar-refractivity contribution is 5.17. The van der Waals surface area contributed by atoms with Gasteiger partial charge in [0.1, 0.15) is 0 Å². The van der Waals surface area contributed by atoms with Gasteiger partial charge < -0.3 is 5.11 Å². The van der Waals surface area contributed by atoms with Gasteiger partial charge in [0.25, 0.3) is 0 Å². The summed E-state index contributed by atoms with van der Waals surface area (Å²) < 4.78 is 0. The van der Waals surface area contributed by atoms with Crippen LogP contribution in [0.1, 0.15) is 17.5 Å². The molecule has 0 heterocycles. The lowest BCUT2D eigenvalue weighted by Crippen LogP contribution is -2.06. The van der Waals surface area contributed by atoms with Crippen molar-refractivity contribution in [3.8, 4) is 0 Å². The largest absolute Gasteiger partial charge is 0.396 e. The molecule has 0 aliphatic carbocycles. The lowest BCUT2D eigenvalue weighted by Gasteiger charge is -2.09. The van der Waals surface area contributed by atoms with E-state index in [-0.39, 0.29) is 12.5 Å². The van der Waals surface area contributed by atoms with E-state index in [1.807, 2.05) is 24.3 Å². The molecule has 1 heteroatoms. The zero-order chi connectivity index (χ0) is 14.0. The maximum Gasteiger partial charge on any atom is 0.0496 e. The maximum absolute atomic E-state index is 9.45. The summed E-state index contributed by atoms with van der Waals surface area (Å²) in [6.45, 7) is 0.205. The van der Waals surface area contributed by atoms with E-state index in [2.05, 4.69) is 48.6 Å². The Kier molecular flexibility index (Phi) is 6.07. The SMILES string of the molecule is OCC(/C=C/CCc1ccccc1)Cc1ccccc1. The van der Waals surface area contributed by atoms with Crippen LogP contribution in [-0.2, 0) is 12.8 Å². The van der Waals surface area contributed by atoms with Crippen molar-refractivity contribution >= 4 is 0 Å². The van der Waals surface area contributed by atoms with Crippen LogP contribution in [0.25, 0.3) is 0 Å². The number of aliphatic hydroxyl groups excluding tert-OH is 1. The molecule has 0 fully saturated rings. The molecule has 2 aromatic carbocycles. The van der Waals surface area contributed by atoms with Crippen LogP contribution < -0.4 is 0 Å². The normalized spacial score (nSPS) is 12.7. The van der Waals surface area contributed by atoms with Crippen molar-refractivity contribution < 1.29 is 5.11 Å². The zero-order valence-corrected chi connectivity index (χ0v) is 11.8. The summed E-state index contributed by atoms with van der Waals surface area (Å²) in [4.78, 5) is 0. The molecule has 1 unspecified atom stereocenters. The molecule has 2 rings (SSSR count). The smallest absolute Gasteiger partial charge is 0.0496 e. The molecule has 0 saturated heterocycles. The van der Waals surface area contributed by atoms with Gasteiger partial charge in [0.15, 0.2) is 0 Å². The van der Waals surface area contributed by atoms with Gasteiger partial charge in [-0.05, 0) is 30.4 Å². The van der Waals surface area contributed by atoms with Gasteiger partial charge in [-0.2, -0.15) is 0 Å². The van der Waals surface area contributed by atoms with Gasteiger partial charge in [-0.1, -0.05) is 72.8 Å². The fourth-order valence-corrected chi connectivity index (χ4v) is 2.29. The number of allylic oxidation sites excluding steroid dienone is 1. The monoisotopic (exact) mass is 266 g/mol. The Morgan fingerprint density at radius 3 is 2.05 bits per heavy atom. The van der Waals surface area contributed by atoms with Gasteiger partial charge in [-0.25, -0.2) is 0 Å². The van der Waals surface area contributed by atoms with E-state index in [1.54, 1.807) is 0 Å². The van der Waals surface area contributed by atoms with Gasteiger partial charge in [0.05, 0.1) is 0 Å². The van der Waals surface area contributed by atoms with Gasteiger partial charge in [0, 0.05) is 12.5 Å². The molecule has 20 heavy (non-hydrogen) atoms. The van der Waals surface area contributed by atoms with E-state index in [4.69, 9.17) is 0 Å². The summed E-state index contributed by atoms with van der Waals surface area (Å²) in [5.74, 6) is 0.216. The van der Waals surface area contributed by atoms with Crippen LogP contribution in [0.3, 0.4) is 0 Å². The average molecular weight is 266 g/mol. The van der Waals surface area contributed by atoms with Crippen LogP contribution in [0.4, 0.5) is 0 Å².